The smallest absolute Gasteiger partial charge is 0.0889 e. The molecule has 0 bridgehead atoms. The molecule has 68 valence electrons. The molecule has 3 N–H and O–H groups in total. The van der Waals surface area contributed by atoms with Crippen molar-refractivity contribution in [3.8, 4) is 0 Å². The van der Waals surface area contributed by atoms with Crippen LogP contribution in [0.5, 0.6) is 0 Å². The Morgan fingerprint density at radius 2 is 1.83 bits per heavy atom. The van der Waals surface area contributed by atoms with Gasteiger partial charge in [-0.3, -0.25) is 0 Å². The Morgan fingerprint density at radius 3 is 2.33 bits per heavy atom. The molecule has 0 saturated carbocycles. The number of rotatable bonds is 3. The zero-order valence-corrected chi connectivity index (χ0v) is 8.05. The molecule has 12 heavy (non-hydrogen) atoms. The van der Waals surface area contributed by atoms with Crippen molar-refractivity contribution in [2.45, 2.75) is 5.75 Å². The van der Waals surface area contributed by atoms with E-state index in [2.05, 4.69) is 17.9 Å². The molecule has 0 aliphatic carbocycles. The zero-order valence-electron chi connectivity index (χ0n) is 7.23. The van der Waals surface area contributed by atoms with Gasteiger partial charge in [-0.15, -0.1) is 11.8 Å². The summed E-state index contributed by atoms with van der Waals surface area (Å²) in [5.41, 5.74) is 5.77. The van der Waals surface area contributed by atoms with E-state index in [-0.39, 0.29) is 5.94 Å². The molecule has 0 unspecified atom stereocenters. The largest absolute Gasteiger partial charge is 0.386 e. The number of aliphatic hydroxyl groups is 1. The predicted molar refractivity (Wildman–Crippen MR) is 54.9 cm³/mol. The van der Waals surface area contributed by atoms with Gasteiger partial charge in [0.15, 0.2) is 0 Å². The average Bonchev–Trinajstić information content (AvgIpc) is 2.19. The van der Waals surface area contributed by atoms with E-state index >= 15 is 0 Å². The predicted octanol–water partition coefficient (Wildman–Crippen LogP) is 1.44. The van der Waals surface area contributed by atoms with Crippen molar-refractivity contribution in [3.63, 3.8) is 0 Å². The van der Waals surface area contributed by atoms with Crippen LogP contribution in [0.4, 0.5) is 0 Å². The van der Waals surface area contributed by atoms with E-state index in [1.54, 1.807) is 0 Å². The molecule has 0 saturated heterocycles. The lowest BCUT2D eigenvalue weighted by molar-refractivity contribution is 0.375. The van der Waals surface area contributed by atoms with E-state index in [0.717, 1.165) is 5.75 Å². The van der Waals surface area contributed by atoms with Crippen LogP contribution in [0.3, 0.4) is 0 Å². The second-order valence-corrected chi connectivity index (χ2v) is 2.92. The van der Waals surface area contributed by atoms with E-state index in [9.17, 15) is 0 Å². The highest BCUT2D eigenvalue weighted by Crippen LogP contribution is 2.09. The fraction of sp³-hybridized carbons (Fsp3) is 0.333. The summed E-state index contributed by atoms with van der Waals surface area (Å²) in [6.45, 7) is 0. The molecule has 0 spiro atoms. The molecule has 0 aliphatic heterocycles. The Hall–Kier alpha value is -0.510. The standard InChI is InChI=1S/C8H10OS.CH5N/c9-7-10-6-8-4-2-1-3-5-8;1-2/h1-5,9H,6-7H2;2H2,1H3. The minimum absolute atomic E-state index is 0.203. The first kappa shape index (κ1) is 11.5. The summed E-state index contributed by atoms with van der Waals surface area (Å²) < 4.78 is 0. The summed E-state index contributed by atoms with van der Waals surface area (Å²) in [6, 6.07) is 10.1. The topological polar surface area (TPSA) is 46.2 Å². The lowest BCUT2D eigenvalue weighted by Gasteiger charge is -1.96. The van der Waals surface area contributed by atoms with Gasteiger partial charge in [-0.05, 0) is 12.6 Å². The third-order valence-electron chi connectivity index (χ3n) is 1.20. The fourth-order valence-corrected chi connectivity index (χ4v) is 1.26. The Bertz CT molecular complexity index is 179. The minimum atomic E-state index is 0.203. The van der Waals surface area contributed by atoms with Gasteiger partial charge in [-0.2, -0.15) is 0 Å². The van der Waals surface area contributed by atoms with Crippen LogP contribution in [0.25, 0.3) is 0 Å². The number of aliphatic hydroxyl groups excluding tert-OH is 1. The highest BCUT2D eigenvalue weighted by atomic mass is 32.2. The molecule has 3 heteroatoms. The SMILES string of the molecule is CN.OCSCc1ccccc1. The van der Waals surface area contributed by atoms with Crippen LogP contribution in [-0.2, 0) is 5.75 Å². The van der Waals surface area contributed by atoms with Gasteiger partial charge in [0.25, 0.3) is 0 Å². The van der Waals surface area contributed by atoms with Gasteiger partial charge in [0, 0.05) is 5.75 Å². The summed E-state index contributed by atoms with van der Waals surface area (Å²) >= 11 is 1.52. The van der Waals surface area contributed by atoms with Gasteiger partial charge in [0.2, 0.25) is 0 Å². The van der Waals surface area contributed by atoms with Crippen molar-refractivity contribution in [2.24, 2.45) is 5.73 Å². The fourth-order valence-electron chi connectivity index (χ4n) is 0.738. The Kier molecular flexibility index (Phi) is 8.22. The monoisotopic (exact) mass is 185 g/mol. The molecule has 1 aromatic carbocycles. The van der Waals surface area contributed by atoms with Crippen LogP contribution >= 0.6 is 11.8 Å². The zero-order chi connectivity index (χ0) is 9.23. The Morgan fingerprint density at radius 1 is 1.25 bits per heavy atom. The normalized spacial score (nSPS) is 8.58. The van der Waals surface area contributed by atoms with Crippen LogP contribution in [0.1, 0.15) is 5.56 Å². The number of thioether (sulfide) groups is 1. The molecular formula is C9H15NOS. The first-order chi connectivity index (χ1) is 5.93. The molecule has 0 radical (unpaired) electrons. The number of hydrogen-bond acceptors (Lipinski definition) is 3. The van der Waals surface area contributed by atoms with Crippen molar-refractivity contribution in [2.75, 3.05) is 13.0 Å². The van der Waals surface area contributed by atoms with E-state index in [1.807, 2.05) is 18.2 Å². The van der Waals surface area contributed by atoms with E-state index in [1.165, 1.54) is 24.4 Å². The first-order valence-corrected chi connectivity index (χ1v) is 4.89. The molecule has 0 fully saturated rings. The van der Waals surface area contributed by atoms with Crippen LogP contribution in [-0.4, -0.2) is 18.1 Å². The summed E-state index contributed by atoms with van der Waals surface area (Å²) in [5.74, 6) is 1.10. The lowest BCUT2D eigenvalue weighted by Crippen LogP contribution is -1.79. The molecule has 0 aliphatic rings. The second kappa shape index (κ2) is 8.59. The number of nitrogens with two attached hydrogens (primary N) is 1. The van der Waals surface area contributed by atoms with Gasteiger partial charge >= 0.3 is 0 Å². The van der Waals surface area contributed by atoms with Crippen molar-refractivity contribution < 1.29 is 5.11 Å². The van der Waals surface area contributed by atoms with Crippen molar-refractivity contribution in [3.05, 3.63) is 35.9 Å². The molecule has 0 atom stereocenters. The molecule has 2 nitrogen and oxygen atoms in total. The maximum absolute atomic E-state index is 8.49. The quantitative estimate of drug-likeness (QED) is 0.701. The third kappa shape index (κ3) is 5.18. The van der Waals surface area contributed by atoms with Crippen LogP contribution in [0.2, 0.25) is 0 Å². The molecular weight excluding hydrogens is 170 g/mol. The average molecular weight is 185 g/mol. The van der Waals surface area contributed by atoms with Gasteiger partial charge in [-0.25, -0.2) is 0 Å². The summed E-state index contributed by atoms with van der Waals surface area (Å²) in [6.07, 6.45) is 0. The van der Waals surface area contributed by atoms with Crippen molar-refractivity contribution in [1.82, 2.24) is 0 Å². The molecule has 1 aromatic rings. The number of benzene rings is 1. The molecule has 1 rings (SSSR count). The Balaban J connectivity index is 0.000000561. The van der Waals surface area contributed by atoms with E-state index in [4.69, 9.17) is 5.11 Å². The summed E-state index contributed by atoms with van der Waals surface area (Å²) in [5, 5.41) is 8.49. The summed E-state index contributed by atoms with van der Waals surface area (Å²) in [7, 11) is 1.50. The van der Waals surface area contributed by atoms with E-state index in [0.29, 0.717) is 0 Å². The van der Waals surface area contributed by atoms with Crippen molar-refractivity contribution in [1.29, 1.82) is 0 Å². The van der Waals surface area contributed by atoms with E-state index < -0.39 is 0 Å². The Labute approximate surface area is 77.8 Å². The first-order valence-electron chi connectivity index (χ1n) is 3.74. The lowest BCUT2D eigenvalue weighted by atomic mass is 10.2. The maximum atomic E-state index is 8.49. The van der Waals surface area contributed by atoms with Gasteiger partial charge < -0.3 is 10.8 Å². The highest BCUT2D eigenvalue weighted by molar-refractivity contribution is 7.98. The van der Waals surface area contributed by atoms with Crippen LogP contribution in [0.15, 0.2) is 30.3 Å². The van der Waals surface area contributed by atoms with Crippen LogP contribution in [0, 0.1) is 0 Å². The third-order valence-corrected chi connectivity index (χ3v) is 1.92. The highest BCUT2D eigenvalue weighted by Gasteiger charge is 1.88. The molecule has 0 amide bonds. The maximum Gasteiger partial charge on any atom is 0.0889 e. The van der Waals surface area contributed by atoms with Gasteiger partial charge in [0.05, 0.1) is 5.94 Å². The second-order valence-electron chi connectivity index (χ2n) is 1.96. The van der Waals surface area contributed by atoms with Gasteiger partial charge in [-0.1, -0.05) is 30.3 Å². The van der Waals surface area contributed by atoms with Gasteiger partial charge in [0.1, 0.15) is 0 Å². The van der Waals surface area contributed by atoms with Crippen LogP contribution < -0.4 is 5.73 Å². The molecule has 0 heterocycles. The van der Waals surface area contributed by atoms with Crippen molar-refractivity contribution >= 4 is 11.8 Å². The minimum Gasteiger partial charge on any atom is -0.386 e. The molecule has 0 aromatic heterocycles. The summed E-state index contributed by atoms with van der Waals surface area (Å²) in [4.78, 5) is 0. The number of hydrogen-bond donors (Lipinski definition) is 2.